The monoisotopic (exact) mass is 147 g/mol. The number of carbonyl (C=O) groups is 1. The van der Waals surface area contributed by atoms with Gasteiger partial charge in [-0.15, -0.1) is 0 Å². The predicted octanol–water partition coefficient (Wildman–Crippen LogP) is 0.229. The highest BCUT2D eigenvalue weighted by Gasteiger charge is 2.35. The molecule has 0 saturated heterocycles. The summed E-state index contributed by atoms with van der Waals surface area (Å²) in [5.41, 5.74) is 0. The molecular formula is C5H10NO2P. The third kappa shape index (κ3) is 1.22. The average Bonchev–Trinajstić information content (AvgIpc) is 1.61. The minimum Gasteiger partial charge on any atom is -0.481 e. The van der Waals surface area contributed by atoms with Crippen LogP contribution in [0.5, 0.6) is 0 Å². The van der Waals surface area contributed by atoms with E-state index >= 15 is 0 Å². The summed E-state index contributed by atoms with van der Waals surface area (Å²) in [5, 5.41) is 11.4. The van der Waals surface area contributed by atoms with Gasteiger partial charge in [0.1, 0.15) is 0 Å². The van der Waals surface area contributed by atoms with Gasteiger partial charge in [0.2, 0.25) is 0 Å². The summed E-state index contributed by atoms with van der Waals surface area (Å²) >= 11 is 0. The van der Waals surface area contributed by atoms with Crippen LogP contribution in [0, 0.1) is 5.92 Å². The third-order valence-corrected chi connectivity index (χ3v) is 2.23. The second-order valence-corrected chi connectivity index (χ2v) is 2.63. The highest BCUT2D eigenvalue weighted by Crippen LogP contribution is 2.27. The fraction of sp³-hybridized carbons (Fsp3) is 0.800. The molecule has 0 spiro atoms. The average molecular weight is 147 g/mol. The van der Waals surface area contributed by atoms with Crippen LogP contribution in [0.4, 0.5) is 0 Å². The summed E-state index contributed by atoms with van der Waals surface area (Å²) in [7, 11) is 2.35. The number of carboxylic acid groups (broad SMARTS) is 1. The van der Waals surface area contributed by atoms with Crippen molar-refractivity contribution < 1.29 is 9.90 Å². The molecule has 0 aromatic rings. The Morgan fingerprint density at radius 3 is 2.44 bits per heavy atom. The fourth-order valence-corrected chi connectivity index (χ4v) is 1.39. The van der Waals surface area contributed by atoms with E-state index in [0.29, 0.717) is 0 Å². The number of carboxylic acids is 1. The van der Waals surface area contributed by atoms with E-state index in [2.05, 4.69) is 14.5 Å². The number of hydrogen-bond donors (Lipinski definition) is 2. The molecule has 0 heterocycles. The van der Waals surface area contributed by atoms with Crippen LogP contribution in [0.25, 0.3) is 0 Å². The summed E-state index contributed by atoms with van der Waals surface area (Å²) in [6.07, 6.45) is 1.81. The summed E-state index contributed by atoms with van der Waals surface area (Å²) in [6.45, 7) is 0. The minimum atomic E-state index is -0.679. The van der Waals surface area contributed by atoms with Crippen molar-refractivity contribution in [2.75, 3.05) is 0 Å². The van der Waals surface area contributed by atoms with E-state index < -0.39 is 5.97 Å². The summed E-state index contributed by atoms with van der Waals surface area (Å²) in [6, 6.07) is 0.187. The van der Waals surface area contributed by atoms with Gasteiger partial charge >= 0.3 is 5.97 Å². The van der Waals surface area contributed by atoms with Crippen LogP contribution in [0.2, 0.25) is 0 Å². The van der Waals surface area contributed by atoms with Gasteiger partial charge in [0, 0.05) is 6.04 Å². The maximum atomic E-state index is 10.3. The molecule has 9 heavy (non-hydrogen) atoms. The molecule has 0 aliphatic heterocycles. The lowest BCUT2D eigenvalue weighted by atomic mass is 9.80. The zero-order valence-corrected chi connectivity index (χ0v) is 6.16. The number of aliphatic carboxylic acids is 1. The van der Waals surface area contributed by atoms with E-state index in [0.717, 1.165) is 12.8 Å². The summed E-state index contributed by atoms with van der Waals surface area (Å²) in [4.78, 5) is 10.3. The van der Waals surface area contributed by atoms with Gasteiger partial charge in [-0.2, -0.15) is 0 Å². The topological polar surface area (TPSA) is 49.3 Å². The standard InChI is InChI=1S/C5H10NO2P/c7-5(8)3-1-2-4(3)6-9/h3-4,6H,1-2,9H2,(H,7,8). The molecule has 0 amide bonds. The molecule has 3 nitrogen and oxygen atoms in total. The Morgan fingerprint density at radius 1 is 1.67 bits per heavy atom. The van der Waals surface area contributed by atoms with Crippen LogP contribution >= 0.6 is 9.39 Å². The Bertz CT molecular complexity index is 126. The lowest BCUT2D eigenvalue weighted by molar-refractivity contribution is -0.145. The van der Waals surface area contributed by atoms with Crippen LogP contribution in [-0.2, 0) is 4.79 Å². The zero-order valence-electron chi connectivity index (χ0n) is 5.00. The zero-order chi connectivity index (χ0) is 6.85. The second-order valence-electron chi connectivity index (χ2n) is 2.30. The summed E-state index contributed by atoms with van der Waals surface area (Å²) < 4.78 is 0. The van der Waals surface area contributed by atoms with Gasteiger partial charge in [-0.25, -0.2) is 0 Å². The SMILES string of the molecule is O=C(O)C1CCC1NP. The minimum absolute atomic E-state index is 0.150. The van der Waals surface area contributed by atoms with Crippen molar-refractivity contribution in [1.29, 1.82) is 0 Å². The molecular weight excluding hydrogens is 137 g/mol. The van der Waals surface area contributed by atoms with Gasteiger partial charge < -0.3 is 5.11 Å². The number of nitrogens with one attached hydrogen (secondary N) is 1. The molecule has 1 rings (SSSR count). The van der Waals surface area contributed by atoms with E-state index in [1.807, 2.05) is 0 Å². The Morgan fingerprint density at radius 2 is 2.33 bits per heavy atom. The second kappa shape index (κ2) is 2.63. The molecule has 4 heteroatoms. The van der Waals surface area contributed by atoms with Gasteiger partial charge in [0.15, 0.2) is 0 Å². The summed E-state index contributed by atoms with van der Waals surface area (Å²) in [5.74, 6) is -0.830. The van der Waals surface area contributed by atoms with Crippen LogP contribution in [-0.4, -0.2) is 17.1 Å². The molecule has 0 bridgehead atoms. The Labute approximate surface area is 56.1 Å². The van der Waals surface area contributed by atoms with Crippen molar-refractivity contribution in [3.8, 4) is 0 Å². The molecule has 3 atom stereocenters. The van der Waals surface area contributed by atoms with Crippen LogP contribution in [0.1, 0.15) is 12.8 Å². The third-order valence-electron chi connectivity index (χ3n) is 1.81. The predicted molar refractivity (Wildman–Crippen MR) is 37.0 cm³/mol. The maximum absolute atomic E-state index is 10.3. The molecule has 52 valence electrons. The van der Waals surface area contributed by atoms with Crippen molar-refractivity contribution in [3.05, 3.63) is 0 Å². The quantitative estimate of drug-likeness (QED) is 0.549. The lowest BCUT2D eigenvalue weighted by Crippen LogP contribution is -2.43. The molecule has 1 saturated carbocycles. The van der Waals surface area contributed by atoms with Gasteiger partial charge in [0.05, 0.1) is 5.92 Å². The van der Waals surface area contributed by atoms with Crippen molar-refractivity contribution in [1.82, 2.24) is 5.09 Å². The molecule has 1 fully saturated rings. The Hall–Kier alpha value is -0.140. The fourth-order valence-electron chi connectivity index (χ4n) is 0.995. The number of rotatable bonds is 2. The molecule has 0 aromatic carbocycles. The lowest BCUT2D eigenvalue weighted by Gasteiger charge is -2.32. The highest BCUT2D eigenvalue weighted by atomic mass is 31.0. The Balaban J connectivity index is 2.35. The van der Waals surface area contributed by atoms with E-state index in [1.165, 1.54) is 0 Å². The molecule has 1 aliphatic rings. The van der Waals surface area contributed by atoms with E-state index in [4.69, 9.17) is 5.11 Å². The smallest absolute Gasteiger partial charge is 0.308 e. The first-order valence-corrected chi connectivity index (χ1v) is 3.52. The first-order valence-electron chi connectivity index (χ1n) is 2.94. The number of hydrogen-bond acceptors (Lipinski definition) is 2. The van der Waals surface area contributed by atoms with Crippen LogP contribution < -0.4 is 5.09 Å². The van der Waals surface area contributed by atoms with E-state index in [-0.39, 0.29) is 12.0 Å². The Kier molecular flexibility index (Phi) is 2.04. The van der Waals surface area contributed by atoms with Gasteiger partial charge in [-0.1, -0.05) is 9.39 Å². The van der Waals surface area contributed by atoms with Gasteiger partial charge in [0.25, 0.3) is 0 Å². The largest absolute Gasteiger partial charge is 0.481 e. The molecule has 2 N–H and O–H groups in total. The van der Waals surface area contributed by atoms with Crippen molar-refractivity contribution in [3.63, 3.8) is 0 Å². The molecule has 0 radical (unpaired) electrons. The maximum Gasteiger partial charge on any atom is 0.308 e. The van der Waals surface area contributed by atoms with Crippen molar-refractivity contribution in [2.24, 2.45) is 5.92 Å². The first kappa shape index (κ1) is 6.97. The van der Waals surface area contributed by atoms with Crippen molar-refractivity contribution >= 4 is 15.4 Å². The van der Waals surface area contributed by atoms with Crippen LogP contribution in [0.15, 0.2) is 0 Å². The highest BCUT2D eigenvalue weighted by molar-refractivity contribution is 7.13. The normalized spacial score (nSPS) is 33.4. The van der Waals surface area contributed by atoms with E-state index in [1.54, 1.807) is 0 Å². The van der Waals surface area contributed by atoms with Crippen molar-refractivity contribution in [2.45, 2.75) is 18.9 Å². The first-order chi connectivity index (χ1) is 4.25. The molecule has 3 unspecified atom stereocenters. The van der Waals surface area contributed by atoms with Crippen LogP contribution in [0.3, 0.4) is 0 Å². The van der Waals surface area contributed by atoms with Gasteiger partial charge in [-0.05, 0) is 12.8 Å². The van der Waals surface area contributed by atoms with Gasteiger partial charge in [-0.3, -0.25) is 9.88 Å². The van der Waals surface area contributed by atoms with E-state index in [9.17, 15) is 4.79 Å². The molecule has 0 aromatic heterocycles. The molecule has 1 aliphatic carbocycles.